The summed E-state index contributed by atoms with van der Waals surface area (Å²) in [6.07, 6.45) is 1.95. The highest BCUT2D eigenvalue weighted by molar-refractivity contribution is 7.80. The molecule has 1 saturated heterocycles. The van der Waals surface area contributed by atoms with Gasteiger partial charge in [-0.1, -0.05) is 6.07 Å². The van der Waals surface area contributed by atoms with Crippen LogP contribution < -0.4 is 19.7 Å². The van der Waals surface area contributed by atoms with Crippen molar-refractivity contribution in [3.05, 3.63) is 102 Å². The van der Waals surface area contributed by atoms with Gasteiger partial charge in [0.1, 0.15) is 11.5 Å². The Morgan fingerprint density at radius 1 is 0.919 bits per heavy atom. The first-order chi connectivity index (χ1) is 17.9. The van der Waals surface area contributed by atoms with E-state index in [9.17, 15) is 0 Å². The Kier molecular flexibility index (Phi) is 6.89. The maximum absolute atomic E-state index is 5.92. The molecule has 0 bridgehead atoms. The first-order valence-corrected chi connectivity index (χ1v) is 12.9. The molecule has 6 nitrogen and oxygen atoms in total. The number of ether oxygens (including phenoxy) is 2. The summed E-state index contributed by atoms with van der Waals surface area (Å²) in [4.78, 5) is 6.89. The predicted octanol–water partition coefficient (Wildman–Crippen LogP) is 6.46. The zero-order valence-corrected chi connectivity index (χ0v) is 22.6. The number of nitrogens with one attached hydrogen (secondary N) is 1. The summed E-state index contributed by atoms with van der Waals surface area (Å²) in [6.45, 7) is 8.36. The van der Waals surface area contributed by atoms with Crippen LogP contribution >= 0.6 is 12.2 Å². The van der Waals surface area contributed by atoms with Crippen molar-refractivity contribution in [2.45, 2.75) is 45.9 Å². The SMILES string of the molecule is COc1ccc(-n2c(C)cc([C@@H]3[C@H](c4ccccn4)NC(=S)N3c3ccc(OC(C)C)cc3)c2C)cc1. The standard InChI is InChI=1S/C30H32N4O2S/c1-19(2)36-25-15-11-23(12-16-25)34-29(28(32-30(34)37)27-8-6-7-17-31-27)26-18-20(3)33(21(26)4)22-9-13-24(35-5)14-10-22/h6-19,28-29H,1-5H3,(H,32,37)/t28-,29+/m0/s1. The quantitative estimate of drug-likeness (QED) is 0.287. The van der Waals surface area contributed by atoms with Crippen LogP contribution in [0.5, 0.6) is 11.5 Å². The third-order valence-corrected chi connectivity index (χ3v) is 7.02. The van der Waals surface area contributed by atoms with E-state index in [1.165, 1.54) is 5.56 Å². The van der Waals surface area contributed by atoms with Crippen molar-refractivity contribution in [1.29, 1.82) is 0 Å². The number of hydrogen-bond donors (Lipinski definition) is 1. The molecule has 190 valence electrons. The zero-order valence-electron chi connectivity index (χ0n) is 21.8. The van der Waals surface area contributed by atoms with Gasteiger partial charge in [-0.3, -0.25) is 4.98 Å². The van der Waals surface area contributed by atoms with Gasteiger partial charge in [-0.2, -0.15) is 0 Å². The van der Waals surface area contributed by atoms with Crippen molar-refractivity contribution >= 4 is 23.0 Å². The molecular weight excluding hydrogens is 480 g/mol. The topological polar surface area (TPSA) is 51.5 Å². The molecule has 0 saturated carbocycles. The Bertz CT molecular complexity index is 1380. The molecule has 0 radical (unpaired) electrons. The number of rotatable bonds is 7. The van der Waals surface area contributed by atoms with Gasteiger partial charge in [-0.25, -0.2) is 0 Å². The van der Waals surface area contributed by atoms with Gasteiger partial charge in [-0.15, -0.1) is 0 Å². The van der Waals surface area contributed by atoms with Crippen molar-refractivity contribution in [3.63, 3.8) is 0 Å². The van der Waals surface area contributed by atoms with Crippen LogP contribution in [0.3, 0.4) is 0 Å². The summed E-state index contributed by atoms with van der Waals surface area (Å²) < 4.78 is 13.5. The molecular formula is C30H32N4O2S. The Balaban J connectivity index is 1.61. The summed E-state index contributed by atoms with van der Waals surface area (Å²) in [5.74, 6) is 1.68. The first-order valence-electron chi connectivity index (χ1n) is 12.5. The van der Waals surface area contributed by atoms with Gasteiger partial charge >= 0.3 is 0 Å². The smallest absolute Gasteiger partial charge is 0.174 e. The van der Waals surface area contributed by atoms with E-state index >= 15 is 0 Å². The van der Waals surface area contributed by atoms with E-state index in [-0.39, 0.29) is 18.2 Å². The molecule has 3 heterocycles. The predicted molar refractivity (Wildman–Crippen MR) is 152 cm³/mol. The monoisotopic (exact) mass is 512 g/mol. The fourth-order valence-corrected chi connectivity index (χ4v) is 5.47. The number of hydrogen-bond acceptors (Lipinski definition) is 4. The number of anilines is 1. The number of benzene rings is 2. The van der Waals surface area contributed by atoms with Gasteiger partial charge in [0.05, 0.1) is 31.0 Å². The molecule has 7 heteroatoms. The van der Waals surface area contributed by atoms with Gasteiger partial charge in [0, 0.05) is 29.0 Å². The van der Waals surface area contributed by atoms with Crippen molar-refractivity contribution in [1.82, 2.24) is 14.9 Å². The minimum Gasteiger partial charge on any atom is -0.497 e. The molecule has 1 aliphatic rings. The molecule has 0 amide bonds. The van der Waals surface area contributed by atoms with E-state index in [0.717, 1.165) is 40.0 Å². The van der Waals surface area contributed by atoms with Gasteiger partial charge in [0.25, 0.3) is 0 Å². The van der Waals surface area contributed by atoms with Crippen LogP contribution in [0.15, 0.2) is 79.0 Å². The van der Waals surface area contributed by atoms with Gasteiger partial charge in [-0.05, 0) is 112 Å². The summed E-state index contributed by atoms with van der Waals surface area (Å²) >= 11 is 5.92. The molecule has 2 aromatic heterocycles. The second-order valence-electron chi connectivity index (χ2n) is 9.52. The number of aryl methyl sites for hydroxylation is 1. The van der Waals surface area contributed by atoms with Crippen LogP contribution in [-0.2, 0) is 0 Å². The Morgan fingerprint density at radius 2 is 1.59 bits per heavy atom. The summed E-state index contributed by atoms with van der Waals surface area (Å²) in [5.41, 5.74) is 6.55. The number of aromatic nitrogens is 2. The number of nitrogens with zero attached hydrogens (tertiary/aromatic N) is 3. The minimum atomic E-state index is -0.106. The molecule has 1 N–H and O–H groups in total. The number of thiocarbonyl (C=S) groups is 1. The van der Waals surface area contributed by atoms with Crippen molar-refractivity contribution in [3.8, 4) is 17.2 Å². The Hall–Kier alpha value is -3.84. The third-order valence-electron chi connectivity index (χ3n) is 6.70. The molecule has 4 aromatic rings. The maximum atomic E-state index is 5.92. The normalized spacial score (nSPS) is 17.2. The summed E-state index contributed by atoms with van der Waals surface area (Å²) in [6, 6.07) is 24.4. The molecule has 1 fully saturated rings. The molecule has 2 atom stereocenters. The van der Waals surface area contributed by atoms with Crippen LogP contribution in [0, 0.1) is 13.8 Å². The van der Waals surface area contributed by atoms with E-state index in [1.807, 2.05) is 56.4 Å². The highest BCUT2D eigenvalue weighted by Crippen LogP contribution is 2.44. The number of methoxy groups -OCH3 is 1. The zero-order chi connectivity index (χ0) is 26.1. The minimum absolute atomic E-state index is 0.0857. The van der Waals surface area contributed by atoms with Crippen molar-refractivity contribution in [2.75, 3.05) is 12.0 Å². The molecule has 2 aromatic carbocycles. The first kappa shape index (κ1) is 24.8. The summed E-state index contributed by atoms with van der Waals surface area (Å²) in [7, 11) is 1.68. The van der Waals surface area contributed by atoms with Crippen LogP contribution in [0.1, 0.15) is 48.6 Å². The molecule has 0 aliphatic carbocycles. The second kappa shape index (κ2) is 10.3. The lowest BCUT2D eigenvalue weighted by atomic mass is 9.96. The van der Waals surface area contributed by atoms with E-state index in [0.29, 0.717) is 5.11 Å². The van der Waals surface area contributed by atoms with Gasteiger partial charge in [0.15, 0.2) is 5.11 Å². The van der Waals surface area contributed by atoms with Crippen molar-refractivity contribution < 1.29 is 9.47 Å². The second-order valence-corrected chi connectivity index (χ2v) is 9.90. The lowest BCUT2D eigenvalue weighted by Crippen LogP contribution is -2.29. The van der Waals surface area contributed by atoms with Gasteiger partial charge in [0.2, 0.25) is 0 Å². The molecule has 0 spiro atoms. The number of pyridine rings is 1. The molecule has 37 heavy (non-hydrogen) atoms. The van der Waals surface area contributed by atoms with E-state index in [1.54, 1.807) is 7.11 Å². The van der Waals surface area contributed by atoms with E-state index in [2.05, 4.69) is 65.0 Å². The maximum Gasteiger partial charge on any atom is 0.174 e. The molecule has 5 rings (SSSR count). The van der Waals surface area contributed by atoms with Crippen LogP contribution in [-0.4, -0.2) is 27.9 Å². The fraction of sp³-hybridized carbons (Fsp3) is 0.267. The Labute approximate surface area is 223 Å². The van der Waals surface area contributed by atoms with Crippen LogP contribution in [0.2, 0.25) is 0 Å². The van der Waals surface area contributed by atoms with Crippen LogP contribution in [0.4, 0.5) is 5.69 Å². The van der Waals surface area contributed by atoms with Crippen LogP contribution in [0.25, 0.3) is 5.69 Å². The average Bonchev–Trinajstić information content (AvgIpc) is 3.39. The van der Waals surface area contributed by atoms with Crippen molar-refractivity contribution in [2.24, 2.45) is 0 Å². The Morgan fingerprint density at radius 3 is 2.22 bits per heavy atom. The summed E-state index contributed by atoms with van der Waals surface area (Å²) in [5, 5.41) is 4.24. The lowest BCUT2D eigenvalue weighted by Gasteiger charge is -2.28. The average molecular weight is 513 g/mol. The van der Waals surface area contributed by atoms with Gasteiger partial charge < -0.3 is 24.3 Å². The largest absolute Gasteiger partial charge is 0.497 e. The molecule has 0 unspecified atom stereocenters. The lowest BCUT2D eigenvalue weighted by molar-refractivity contribution is 0.242. The third kappa shape index (κ3) is 4.79. The highest BCUT2D eigenvalue weighted by Gasteiger charge is 2.42. The highest BCUT2D eigenvalue weighted by atomic mass is 32.1. The van der Waals surface area contributed by atoms with E-state index < -0.39 is 0 Å². The van der Waals surface area contributed by atoms with E-state index in [4.69, 9.17) is 26.7 Å². The molecule has 1 aliphatic heterocycles. The fourth-order valence-electron chi connectivity index (χ4n) is 5.12.